The molecule has 27 heavy (non-hydrogen) atoms. The van der Waals surface area contributed by atoms with Gasteiger partial charge in [-0.05, 0) is 37.1 Å². The van der Waals surface area contributed by atoms with Gasteiger partial charge < -0.3 is 9.88 Å². The maximum absolute atomic E-state index is 12.5. The summed E-state index contributed by atoms with van der Waals surface area (Å²) >= 11 is 1.42. The zero-order valence-corrected chi connectivity index (χ0v) is 16.5. The highest BCUT2D eigenvalue weighted by atomic mass is 32.2. The summed E-state index contributed by atoms with van der Waals surface area (Å²) < 4.78 is 2.08. The quantitative estimate of drug-likeness (QED) is 0.623. The minimum absolute atomic E-state index is 0.0595. The van der Waals surface area contributed by atoms with Gasteiger partial charge in [0.25, 0.3) is 0 Å². The Hall–Kier alpha value is -2.67. The zero-order chi connectivity index (χ0) is 19.2. The van der Waals surface area contributed by atoms with Crippen LogP contribution in [0.2, 0.25) is 0 Å². The van der Waals surface area contributed by atoms with Gasteiger partial charge in [-0.1, -0.05) is 43.8 Å². The monoisotopic (exact) mass is 381 g/mol. The molecule has 2 aromatic heterocycles. The lowest BCUT2D eigenvalue weighted by Crippen LogP contribution is -2.23. The lowest BCUT2D eigenvalue weighted by molar-refractivity contribution is -0.115. The largest absolute Gasteiger partial charge is 0.325 e. The lowest BCUT2D eigenvalue weighted by Gasteiger charge is -2.15. The normalized spacial score (nSPS) is 12.1. The number of thioether (sulfide) groups is 1. The molecule has 1 amide bonds. The molecule has 0 aliphatic rings. The maximum Gasteiger partial charge on any atom is 0.237 e. The molecular weight excluding hydrogens is 358 g/mol. The van der Waals surface area contributed by atoms with Crippen molar-refractivity contribution in [3.63, 3.8) is 0 Å². The van der Waals surface area contributed by atoms with Crippen molar-refractivity contribution in [1.29, 1.82) is 0 Å². The van der Waals surface area contributed by atoms with Gasteiger partial charge in [-0.2, -0.15) is 0 Å². The first-order chi connectivity index (χ1) is 13.0. The number of carbonyl (C=O) groups is 1. The van der Waals surface area contributed by atoms with Gasteiger partial charge in [0.1, 0.15) is 0 Å². The summed E-state index contributed by atoms with van der Waals surface area (Å²) in [6, 6.07) is 13.3. The second kappa shape index (κ2) is 8.81. The Morgan fingerprint density at radius 1 is 1.07 bits per heavy atom. The van der Waals surface area contributed by atoms with E-state index in [4.69, 9.17) is 0 Å². The number of pyridine rings is 1. The Morgan fingerprint density at radius 3 is 2.44 bits per heavy atom. The van der Waals surface area contributed by atoms with Crippen LogP contribution >= 0.6 is 11.8 Å². The summed E-state index contributed by atoms with van der Waals surface area (Å²) in [5.41, 5.74) is 1.75. The lowest BCUT2D eigenvalue weighted by atomic mass is 10.2. The first kappa shape index (κ1) is 19.1. The molecule has 7 heteroatoms. The van der Waals surface area contributed by atoms with Crippen LogP contribution in [0.25, 0.3) is 11.4 Å². The van der Waals surface area contributed by atoms with E-state index in [1.54, 1.807) is 12.4 Å². The van der Waals surface area contributed by atoms with E-state index < -0.39 is 0 Å². The van der Waals surface area contributed by atoms with E-state index in [1.165, 1.54) is 11.8 Å². The van der Waals surface area contributed by atoms with Gasteiger partial charge in [-0.15, -0.1) is 10.2 Å². The summed E-state index contributed by atoms with van der Waals surface area (Å²) in [6.07, 6.45) is 3.49. The molecule has 0 saturated heterocycles. The number of nitrogens with zero attached hydrogens (tertiary/aromatic N) is 4. The van der Waals surface area contributed by atoms with Crippen molar-refractivity contribution in [3.8, 4) is 11.4 Å². The van der Waals surface area contributed by atoms with E-state index in [0.717, 1.165) is 28.8 Å². The first-order valence-electron chi connectivity index (χ1n) is 8.90. The fourth-order valence-corrected chi connectivity index (χ4v) is 3.46. The first-order valence-corrected chi connectivity index (χ1v) is 9.78. The van der Waals surface area contributed by atoms with Crippen molar-refractivity contribution in [2.24, 2.45) is 5.92 Å². The van der Waals surface area contributed by atoms with Gasteiger partial charge in [0.2, 0.25) is 5.91 Å². The van der Waals surface area contributed by atoms with Gasteiger partial charge in [0.15, 0.2) is 11.0 Å². The van der Waals surface area contributed by atoms with E-state index in [1.807, 2.05) is 49.4 Å². The minimum atomic E-state index is -0.300. The summed E-state index contributed by atoms with van der Waals surface area (Å²) in [4.78, 5) is 16.6. The Labute approximate surface area is 163 Å². The third-order valence-electron chi connectivity index (χ3n) is 3.90. The average Bonchev–Trinajstić information content (AvgIpc) is 3.05. The van der Waals surface area contributed by atoms with E-state index in [2.05, 4.69) is 38.9 Å². The highest BCUT2D eigenvalue weighted by molar-refractivity contribution is 8.00. The molecule has 3 rings (SSSR count). The van der Waals surface area contributed by atoms with Crippen LogP contribution in [0.15, 0.2) is 60.0 Å². The highest BCUT2D eigenvalue weighted by Crippen LogP contribution is 2.28. The van der Waals surface area contributed by atoms with Crippen LogP contribution in [0, 0.1) is 5.92 Å². The Morgan fingerprint density at radius 2 is 1.78 bits per heavy atom. The van der Waals surface area contributed by atoms with Gasteiger partial charge in [0.05, 0.1) is 5.25 Å². The number of benzene rings is 1. The number of hydrogen-bond acceptors (Lipinski definition) is 5. The Balaban J connectivity index is 1.79. The second-order valence-electron chi connectivity index (χ2n) is 6.66. The van der Waals surface area contributed by atoms with Crippen molar-refractivity contribution in [2.45, 2.75) is 37.7 Å². The number of amides is 1. The summed E-state index contributed by atoms with van der Waals surface area (Å²) in [7, 11) is 0. The topological polar surface area (TPSA) is 72.7 Å². The molecule has 0 saturated carbocycles. The molecule has 0 bridgehead atoms. The van der Waals surface area contributed by atoms with Crippen LogP contribution < -0.4 is 5.32 Å². The van der Waals surface area contributed by atoms with Crippen LogP contribution in [0.4, 0.5) is 5.69 Å². The molecule has 3 aromatic rings. The molecule has 0 radical (unpaired) electrons. The van der Waals surface area contributed by atoms with Crippen molar-refractivity contribution in [3.05, 3.63) is 54.9 Å². The molecule has 2 heterocycles. The molecule has 6 nitrogen and oxygen atoms in total. The van der Waals surface area contributed by atoms with Crippen LogP contribution in [0.5, 0.6) is 0 Å². The van der Waals surface area contributed by atoms with Gasteiger partial charge in [0, 0.05) is 30.2 Å². The van der Waals surface area contributed by atoms with Crippen LogP contribution in [-0.2, 0) is 11.3 Å². The van der Waals surface area contributed by atoms with Crippen molar-refractivity contribution < 1.29 is 4.79 Å². The van der Waals surface area contributed by atoms with Crippen molar-refractivity contribution in [1.82, 2.24) is 19.7 Å². The number of anilines is 1. The predicted octanol–water partition coefficient (Wildman–Crippen LogP) is 4.12. The fraction of sp³-hybridized carbons (Fsp3) is 0.300. The molecule has 1 atom stereocenters. The molecule has 0 aliphatic heterocycles. The van der Waals surface area contributed by atoms with Crippen LogP contribution in [-0.4, -0.2) is 30.9 Å². The third kappa shape index (κ3) is 4.95. The van der Waals surface area contributed by atoms with Crippen molar-refractivity contribution in [2.75, 3.05) is 5.32 Å². The van der Waals surface area contributed by atoms with Gasteiger partial charge >= 0.3 is 0 Å². The SMILES string of the molecule is CC(C)Cn1c(S[C@@H](C)C(=O)Nc2ccccc2)nnc1-c1ccncc1. The van der Waals surface area contributed by atoms with Crippen molar-refractivity contribution >= 4 is 23.4 Å². The molecule has 1 aromatic carbocycles. The van der Waals surface area contributed by atoms with E-state index in [-0.39, 0.29) is 11.2 Å². The number of aromatic nitrogens is 4. The Bertz CT molecular complexity index is 880. The second-order valence-corrected chi connectivity index (χ2v) is 7.97. The maximum atomic E-state index is 12.5. The molecular formula is C20H23N5OS. The summed E-state index contributed by atoms with van der Waals surface area (Å²) in [5.74, 6) is 1.16. The Kier molecular flexibility index (Phi) is 6.24. The van der Waals surface area contributed by atoms with Gasteiger partial charge in [-0.25, -0.2) is 0 Å². The summed E-state index contributed by atoms with van der Waals surface area (Å²) in [5, 5.41) is 12.1. The number of hydrogen-bond donors (Lipinski definition) is 1. The minimum Gasteiger partial charge on any atom is -0.325 e. The fourth-order valence-electron chi connectivity index (χ4n) is 2.60. The smallest absolute Gasteiger partial charge is 0.237 e. The molecule has 140 valence electrons. The third-order valence-corrected chi connectivity index (χ3v) is 4.98. The number of nitrogens with one attached hydrogen (secondary N) is 1. The zero-order valence-electron chi connectivity index (χ0n) is 15.7. The number of para-hydroxylation sites is 1. The highest BCUT2D eigenvalue weighted by Gasteiger charge is 2.21. The van der Waals surface area contributed by atoms with Crippen LogP contribution in [0.1, 0.15) is 20.8 Å². The summed E-state index contributed by atoms with van der Waals surface area (Å²) in [6.45, 7) is 6.95. The molecule has 0 fully saturated rings. The number of rotatable bonds is 7. The molecule has 0 spiro atoms. The van der Waals surface area contributed by atoms with E-state index in [0.29, 0.717) is 5.92 Å². The van der Waals surface area contributed by atoms with Crippen LogP contribution in [0.3, 0.4) is 0 Å². The van der Waals surface area contributed by atoms with Gasteiger partial charge in [-0.3, -0.25) is 9.78 Å². The predicted molar refractivity (Wildman–Crippen MR) is 108 cm³/mol. The van der Waals surface area contributed by atoms with E-state index >= 15 is 0 Å². The molecule has 0 aliphatic carbocycles. The molecule has 1 N–H and O–H groups in total. The standard InChI is InChI=1S/C20H23N5OS/c1-14(2)13-25-18(16-9-11-21-12-10-16)23-24-20(25)27-15(3)19(26)22-17-7-5-4-6-8-17/h4-12,14-15H,13H2,1-3H3,(H,22,26)/t15-/m0/s1. The number of carbonyl (C=O) groups excluding carboxylic acids is 1. The molecule has 0 unspecified atom stereocenters. The van der Waals surface area contributed by atoms with E-state index in [9.17, 15) is 4.79 Å². The average molecular weight is 382 g/mol.